The van der Waals surface area contributed by atoms with E-state index >= 15 is 0 Å². The number of hydrogen-bond donors (Lipinski definition) is 0. The summed E-state index contributed by atoms with van der Waals surface area (Å²) in [5.41, 5.74) is 3.85. The third-order valence-corrected chi connectivity index (χ3v) is 3.96. The zero-order chi connectivity index (χ0) is 17.1. The van der Waals surface area contributed by atoms with Crippen LogP contribution in [0, 0.1) is 23.7 Å². The van der Waals surface area contributed by atoms with Crippen LogP contribution in [-0.2, 0) is 0 Å². The van der Waals surface area contributed by atoms with Crippen LogP contribution >= 0.6 is 0 Å². The molecular formula is C20H19FN2. The van der Waals surface area contributed by atoms with Gasteiger partial charge in [-0.25, -0.2) is 9.24 Å². The van der Waals surface area contributed by atoms with Gasteiger partial charge in [0.2, 0.25) is 5.69 Å². The van der Waals surface area contributed by atoms with E-state index in [1.807, 2.05) is 12.1 Å². The fraction of sp³-hybridized carbons (Fsp3) is 0.300. The van der Waals surface area contributed by atoms with Gasteiger partial charge >= 0.3 is 0 Å². The van der Waals surface area contributed by atoms with E-state index in [0.717, 1.165) is 22.3 Å². The molecule has 0 spiro atoms. The van der Waals surface area contributed by atoms with E-state index in [-0.39, 0.29) is 23.1 Å². The maximum Gasteiger partial charge on any atom is 0.224 e. The summed E-state index contributed by atoms with van der Waals surface area (Å²) in [6, 6.07) is 11.1. The first kappa shape index (κ1) is 16.7. The van der Waals surface area contributed by atoms with Crippen molar-refractivity contribution in [2.45, 2.75) is 39.5 Å². The van der Waals surface area contributed by atoms with Crippen molar-refractivity contribution in [1.29, 1.82) is 5.26 Å². The lowest BCUT2D eigenvalue weighted by molar-refractivity contribution is 0.630. The lowest BCUT2D eigenvalue weighted by Gasteiger charge is -2.20. The van der Waals surface area contributed by atoms with Crippen molar-refractivity contribution in [3.8, 4) is 17.2 Å². The molecule has 0 fully saturated rings. The van der Waals surface area contributed by atoms with Gasteiger partial charge in [0.05, 0.1) is 12.1 Å². The zero-order valence-corrected chi connectivity index (χ0v) is 13.8. The minimum absolute atomic E-state index is 0.0817. The van der Waals surface area contributed by atoms with Crippen molar-refractivity contribution in [2.75, 3.05) is 0 Å². The number of nitriles is 1. The summed E-state index contributed by atoms with van der Waals surface area (Å²) in [5, 5.41) is 9.17. The van der Waals surface area contributed by atoms with E-state index in [1.165, 1.54) is 0 Å². The Morgan fingerprint density at radius 1 is 1.09 bits per heavy atom. The molecule has 2 aromatic carbocycles. The second kappa shape index (κ2) is 6.63. The molecule has 0 unspecified atom stereocenters. The number of rotatable bonds is 3. The van der Waals surface area contributed by atoms with E-state index in [9.17, 15) is 9.65 Å². The molecule has 23 heavy (non-hydrogen) atoms. The Morgan fingerprint density at radius 2 is 1.65 bits per heavy atom. The summed E-state index contributed by atoms with van der Waals surface area (Å²) < 4.78 is 14.1. The Bertz CT molecular complexity index is 759. The van der Waals surface area contributed by atoms with Crippen LogP contribution in [0.1, 0.15) is 56.2 Å². The molecule has 2 nitrogen and oxygen atoms in total. The molecule has 3 heteroatoms. The van der Waals surface area contributed by atoms with Crippen LogP contribution < -0.4 is 0 Å². The number of hydrogen-bond acceptors (Lipinski definition) is 1. The summed E-state index contributed by atoms with van der Waals surface area (Å²) in [7, 11) is 0. The summed E-state index contributed by atoms with van der Waals surface area (Å²) in [4.78, 5) is 3.24. The van der Waals surface area contributed by atoms with E-state index in [1.54, 1.807) is 12.1 Å². The molecule has 2 aromatic rings. The molecule has 0 aliphatic heterocycles. The normalized spacial score (nSPS) is 10.7. The Morgan fingerprint density at radius 3 is 2.09 bits per heavy atom. The van der Waals surface area contributed by atoms with Gasteiger partial charge in [0.15, 0.2) is 0 Å². The third kappa shape index (κ3) is 3.10. The first-order chi connectivity index (χ1) is 10.9. The Kier molecular flexibility index (Phi) is 4.82. The summed E-state index contributed by atoms with van der Waals surface area (Å²) in [6.45, 7) is 15.6. The van der Waals surface area contributed by atoms with Crippen molar-refractivity contribution in [3.05, 3.63) is 64.3 Å². The van der Waals surface area contributed by atoms with Gasteiger partial charge in [-0.2, -0.15) is 5.26 Å². The smallest absolute Gasteiger partial charge is 0.224 e. The highest BCUT2D eigenvalue weighted by Gasteiger charge is 2.18. The van der Waals surface area contributed by atoms with E-state index in [0.29, 0.717) is 0 Å². The van der Waals surface area contributed by atoms with Crippen molar-refractivity contribution >= 4 is 5.69 Å². The molecule has 0 radical (unpaired) electrons. The maximum atomic E-state index is 14.1. The van der Waals surface area contributed by atoms with Gasteiger partial charge < -0.3 is 0 Å². The molecule has 0 heterocycles. The highest BCUT2D eigenvalue weighted by Crippen LogP contribution is 2.38. The van der Waals surface area contributed by atoms with E-state index in [2.05, 4.69) is 44.7 Å². The quantitative estimate of drug-likeness (QED) is 0.624. The number of nitrogens with zero attached hydrogens (tertiary/aromatic N) is 2. The van der Waals surface area contributed by atoms with Crippen LogP contribution in [-0.4, -0.2) is 0 Å². The van der Waals surface area contributed by atoms with Gasteiger partial charge in [0.1, 0.15) is 11.9 Å². The van der Waals surface area contributed by atoms with E-state index in [4.69, 9.17) is 6.57 Å². The van der Waals surface area contributed by atoms with Gasteiger partial charge in [-0.1, -0.05) is 45.9 Å². The lowest BCUT2D eigenvalue weighted by Crippen LogP contribution is -2.00. The fourth-order valence-corrected chi connectivity index (χ4v) is 2.80. The molecule has 0 aliphatic rings. The topological polar surface area (TPSA) is 28.1 Å². The van der Waals surface area contributed by atoms with Crippen molar-refractivity contribution < 1.29 is 4.39 Å². The summed E-state index contributed by atoms with van der Waals surface area (Å²) >= 11 is 0. The van der Waals surface area contributed by atoms with Crippen molar-refractivity contribution in [2.24, 2.45) is 0 Å². The first-order valence-corrected chi connectivity index (χ1v) is 7.65. The van der Waals surface area contributed by atoms with Gasteiger partial charge in [-0.3, -0.25) is 0 Å². The molecule has 0 atom stereocenters. The Hall–Kier alpha value is -2.65. The molecule has 0 aliphatic carbocycles. The van der Waals surface area contributed by atoms with Gasteiger partial charge in [-0.05, 0) is 46.2 Å². The summed E-state index contributed by atoms with van der Waals surface area (Å²) in [5.74, 6) is -0.161. The third-order valence-electron chi connectivity index (χ3n) is 3.96. The van der Waals surface area contributed by atoms with E-state index < -0.39 is 5.82 Å². The van der Waals surface area contributed by atoms with Crippen LogP contribution in [0.25, 0.3) is 16.0 Å². The lowest BCUT2D eigenvalue weighted by atomic mass is 9.84. The highest BCUT2D eigenvalue weighted by atomic mass is 19.1. The largest absolute Gasteiger partial charge is 0.235 e. The zero-order valence-electron chi connectivity index (χ0n) is 13.8. The average molecular weight is 306 g/mol. The molecule has 116 valence electrons. The Labute approximate surface area is 137 Å². The predicted octanol–water partition coefficient (Wildman–Crippen LogP) is 6.16. The second-order valence-electron chi connectivity index (χ2n) is 6.20. The van der Waals surface area contributed by atoms with Crippen LogP contribution in [0.5, 0.6) is 0 Å². The first-order valence-electron chi connectivity index (χ1n) is 7.65. The highest BCUT2D eigenvalue weighted by molar-refractivity contribution is 5.77. The van der Waals surface area contributed by atoms with Crippen molar-refractivity contribution in [1.82, 2.24) is 0 Å². The maximum absolute atomic E-state index is 14.1. The van der Waals surface area contributed by atoms with Gasteiger partial charge in [0, 0.05) is 0 Å². The molecule has 0 aromatic heterocycles. The minimum atomic E-state index is -0.737. The molecule has 0 N–H and O–H groups in total. The molecule has 2 rings (SSSR count). The molecule has 0 bridgehead atoms. The van der Waals surface area contributed by atoms with Crippen LogP contribution in [0.2, 0.25) is 0 Å². The molecule has 0 saturated heterocycles. The average Bonchev–Trinajstić information content (AvgIpc) is 2.54. The van der Waals surface area contributed by atoms with Crippen LogP contribution in [0.4, 0.5) is 10.1 Å². The fourth-order valence-electron chi connectivity index (χ4n) is 2.80. The molecule has 0 amide bonds. The second-order valence-corrected chi connectivity index (χ2v) is 6.20. The Balaban J connectivity index is 2.87. The molecular weight excluding hydrogens is 287 g/mol. The molecule has 0 saturated carbocycles. The van der Waals surface area contributed by atoms with Crippen LogP contribution in [0.15, 0.2) is 30.3 Å². The van der Waals surface area contributed by atoms with Crippen molar-refractivity contribution in [3.63, 3.8) is 0 Å². The number of halogens is 1. The summed E-state index contributed by atoms with van der Waals surface area (Å²) in [6.07, 6.45) is 0. The monoisotopic (exact) mass is 306 g/mol. The predicted molar refractivity (Wildman–Crippen MR) is 91.0 cm³/mol. The van der Waals surface area contributed by atoms with Gasteiger partial charge in [0.25, 0.3) is 0 Å². The van der Waals surface area contributed by atoms with Crippen LogP contribution in [0.3, 0.4) is 0 Å². The number of benzene rings is 2. The van der Waals surface area contributed by atoms with Gasteiger partial charge in [-0.15, -0.1) is 0 Å². The standard InChI is InChI=1S/C20H19FN2/c1-12(2)16-7-6-8-17(13(3)4)19(16)14-9-15(11-22)20(21)18(10-14)23-5/h6-10,12-13H,1-4H3. The minimum Gasteiger partial charge on any atom is -0.235 e. The SMILES string of the molecule is [C-]#[N+]c1cc(-c2c(C(C)C)cccc2C(C)C)cc(C#N)c1F.